The summed E-state index contributed by atoms with van der Waals surface area (Å²) in [5, 5.41) is 9.83. The summed E-state index contributed by atoms with van der Waals surface area (Å²) in [6.45, 7) is 0. The van der Waals surface area contributed by atoms with Gasteiger partial charge in [-0.3, -0.25) is 0 Å². The van der Waals surface area contributed by atoms with Crippen LogP contribution in [0.2, 0.25) is 0 Å². The number of hydrogen-bond donors (Lipinski definition) is 2. The normalized spacial score (nSPS) is 11.0. The first-order chi connectivity index (χ1) is 8.74. The highest BCUT2D eigenvalue weighted by molar-refractivity contribution is 6.03. The smallest absolute Gasteiger partial charge is 0.276 e. The number of nitrogens with zero attached hydrogens (tertiary/aromatic N) is 3. The van der Waals surface area contributed by atoms with Gasteiger partial charge in [0.25, 0.3) is 11.8 Å². The molecule has 0 radical (unpaired) electrons. The van der Waals surface area contributed by atoms with Crippen molar-refractivity contribution in [2.75, 3.05) is 14.2 Å². The number of H-pyrrole nitrogens is 1. The van der Waals surface area contributed by atoms with E-state index in [0.717, 1.165) is 0 Å². The fourth-order valence-corrected chi connectivity index (χ4v) is 1.84. The van der Waals surface area contributed by atoms with E-state index >= 15 is 0 Å². The first kappa shape index (κ1) is 10.6. The van der Waals surface area contributed by atoms with Crippen LogP contribution in [0, 0.1) is 0 Å². The lowest BCUT2D eigenvalue weighted by Gasteiger charge is -2.08. The van der Waals surface area contributed by atoms with Gasteiger partial charge in [-0.15, -0.1) is 0 Å². The minimum atomic E-state index is 0.0419. The lowest BCUT2D eigenvalue weighted by atomic mass is 10.2. The third-order valence-corrected chi connectivity index (χ3v) is 2.65. The SMILES string of the molecule is COc1nc2c(cc(O)c3ncnc32)[nH]c1OC. The van der Waals surface area contributed by atoms with Gasteiger partial charge in [0, 0.05) is 6.07 Å². The standard InChI is InChI=1S/C11H10N4O3/c1-17-10-11(18-2)15-7-5(14-10)3-6(16)8-9(7)13-4-12-8/h3-4,14,16H,1-2H3. The quantitative estimate of drug-likeness (QED) is 0.706. The van der Waals surface area contributed by atoms with E-state index < -0.39 is 0 Å². The van der Waals surface area contributed by atoms with E-state index in [2.05, 4.69) is 19.9 Å². The van der Waals surface area contributed by atoms with Gasteiger partial charge in [-0.05, 0) is 0 Å². The van der Waals surface area contributed by atoms with Gasteiger partial charge >= 0.3 is 0 Å². The predicted molar refractivity (Wildman–Crippen MR) is 64.0 cm³/mol. The topological polar surface area (TPSA) is 93.1 Å². The van der Waals surface area contributed by atoms with E-state index in [0.29, 0.717) is 33.8 Å². The molecule has 18 heavy (non-hydrogen) atoms. The molecule has 92 valence electrons. The summed E-state index contributed by atoms with van der Waals surface area (Å²) in [6.07, 6.45) is 1.38. The van der Waals surface area contributed by atoms with Crippen molar-refractivity contribution >= 4 is 22.1 Å². The van der Waals surface area contributed by atoms with Crippen molar-refractivity contribution in [1.29, 1.82) is 0 Å². The third kappa shape index (κ3) is 1.33. The van der Waals surface area contributed by atoms with E-state index in [4.69, 9.17) is 9.47 Å². The fourth-order valence-electron chi connectivity index (χ4n) is 1.84. The maximum Gasteiger partial charge on any atom is 0.276 e. The van der Waals surface area contributed by atoms with Crippen molar-refractivity contribution in [3.8, 4) is 17.5 Å². The monoisotopic (exact) mass is 246 g/mol. The van der Waals surface area contributed by atoms with Gasteiger partial charge in [-0.1, -0.05) is 0 Å². The summed E-state index contributed by atoms with van der Waals surface area (Å²) in [5.74, 6) is 0.739. The largest absolute Gasteiger partial charge is 0.506 e. The number of ether oxygens (including phenoxy) is 2. The minimum absolute atomic E-state index is 0.0419. The highest BCUT2D eigenvalue weighted by Crippen LogP contribution is 2.32. The van der Waals surface area contributed by atoms with Crippen LogP contribution in [0.5, 0.6) is 17.5 Å². The van der Waals surface area contributed by atoms with Gasteiger partial charge in [0.1, 0.15) is 28.6 Å². The van der Waals surface area contributed by atoms with E-state index in [-0.39, 0.29) is 5.75 Å². The number of nitrogens with one attached hydrogen (secondary N) is 1. The Labute approximate surface area is 101 Å². The number of methoxy groups -OCH3 is 2. The molecule has 0 bridgehead atoms. The minimum Gasteiger partial charge on any atom is -0.506 e. The van der Waals surface area contributed by atoms with Crippen LogP contribution in [-0.4, -0.2) is 39.3 Å². The molecule has 0 fully saturated rings. The molecule has 2 aromatic heterocycles. The van der Waals surface area contributed by atoms with Gasteiger partial charge in [0.15, 0.2) is 0 Å². The molecule has 0 amide bonds. The van der Waals surface area contributed by atoms with Crippen LogP contribution in [0.4, 0.5) is 0 Å². The van der Waals surface area contributed by atoms with E-state index in [1.165, 1.54) is 26.6 Å². The van der Waals surface area contributed by atoms with Gasteiger partial charge < -0.3 is 19.6 Å². The number of phenolic OH excluding ortho intramolecular Hbond substituents is 1. The molecule has 1 aromatic carbocycles. The number of hydrogen-bond acceptors (Lipinski definition) is 6. The average molecular weight is 246 g/mol. The van der Waals surface area contributed by atoms with Crippen LogP contribution >= 0.6 is 0 Å². The van der Waals surface area contributed by atoms with E-state index in [1.54, 1.807) is 0 Å². The molecule has 0 aliphatic carbocycles. The fraction of sp³-hybridized carbons (Fsp3) is 0.182. The van der Waals surface area contributed by atoms with E-state index in [9.17, 15) is 5.11 Å². The Morgan fingerprint density at radius 2 is 1.89 bits per heavy atom. The van der Waals surface area contributed by atoms with Crippen LogP contribution < -0.4 is 9.47 Å². The second kappa shape index (κ2) is 3.73. The van der Waals surface area contributed by atoms with Gasteiger partial charge in [-0.2, -0.15) is 0 Å². The second-order valence-electron chi connectivity index (χ2n) is 3.64. The first-order valence-electron chi connectivity index (χ1n) is 5.19. The summed E-state index contributed by atoms with van der Waals surface area (Å²) in [7, 11) is 3.00. The highest BCUT2D eigenvalue weighted by Gasteiger charge is 2.14. The van der Waals surface area contributed by atoms with Gasteiger partial charge in [0.2, 0.25) is 0 Å². The van der Waals surface area contributed by atoms with Crippen molar-refractivity contribution in [2.45, 2.75) is 0 Å². The van der Waals surface area contributed by atoms with Crippen molar-refractivity contribution in [1.82, 2.24) is 19.9 Å². The number of aromatic hydroxyl groups is 1. The van der Waals surface area contributed by atoms with Crippen LogP contribution in [0.3, 0.4) is 0 Å². The number of aromatic nitrogens is 4. The van der Waals surface area contributed by atoms with Crippen LogP contribution in [-0.2, 0) is 0 Å². The Morgan fingerprint density at radius 3 is 2.61 bits per heavy atom. The average Bonchev–Trinajstić information content (AvgIpc) is 2.87. The molecule has 7 nitrogen and oxygen atoms in total. The molecule has 0 aliphatic rings. The molecule has 0 aliphatic heterocycles. The summed E-state index contributed by atoms with van der Waals surface area (Å²) in [6, 6.07) is 1.53. The van der Waals surface area contributed by atoms with Crippen molar-refractivity contribution < 1.29 is 14.6 Å². The lowest BCUT2D eigenvalue weighted by Crippen LogP contribution is -1.97. The third-order valence-electron chi connectivity index (χ3n) is 2.65. The second-order valence-corrected chi connectivity index (χ2v) is 3.64. The summed E-state index contributed by atoms with van der Waals surface area (Å²) in [4.78, 5) is 15.4. The molecule has 0 saturated heterocycles. The predicted octanol–water partition coefficient (Wildman–Crippen LogP) is 1.23. The summed E-state index contributed by atoms with van der Waals surface area (Å²) in [5.41, 5.74) is 2.09. The van der Waals surface area contributed by atoms with Crippen LogP contribution in [0.15, 0.2) is 12.4 Å². The van der Waals surface area contributed by atoms with Crippen molar-refractivity contribution in [2.24, 2.45) is 0 Å². The number of imidazole rings is 1. The molecule has 0 spiro atoms. The molecular weight excluding hydrogens is 236 g/mol. The molecule has 0 saturated carbocycles. The summed E-state index contributed by atoms with van der Waals surface area (Å²) >= 11 is 0. The van der Waals surface area contributed by atoms with Crippen molar-refractivity contribution in [3.63, 3.8) is 0 Å². The summed E-state index contributed by atoms with van der Waals surface area (Å²) < 4.78 is 10.2. The molecule has 3 aromatic rings. The van der Waals surface area contributed by atoms with E-state index in [1.807, 2.05) is 0 Å². The Kier molecular flexibility index (Phi) is 2.19. The lowest BCUT2D eigenvalue weighted by molar-refractivity contribution is 0.334. The number of aromatic amines is 1. The maximum absolute atomic E-state index is 9.83. The molecule has 2 heterocycles. The Bertz CT molecular complexity index is 738. The molecule has 0 atom stereocenters. The Morgan fingerprint density at radius 1 is 1.11 bits per heavy atom. The number of rotatable bonds is 2. The molecular formula is C11H10N4O3. The molecule has 0 unspecified atom stereocenters. The Hall–Kier alpha value is -2.57. The zero-order chi connectivity index (χ0) is 12.7. The van der Waals surface area contributed by atoms with Crippen LogP contribution in [0.1, 0.15) is 0 Å². The van der Waals surface area contributed by atoms with Gasteiger partial charge in [-0.25, -0.2) is 15.0 Å². The maximum atomic E-state index is 9.83. The molecule has 7 heteroatoms. The number of benzene rings is 1. The molecule has 3 rings (SSSR count). The number of phenols is 1. The zero-order valence-corrected chi connectivity index (χ0v) is 9.76. The van der Waals surface area contributed by atoms with Crippen molar-refractivity contribution in [3.05, 3.63) is 12.4 Å². The number of fused-ring (bicyclic) bond motifs is 3. The first-order valence-corrected chi connectivity index (χ1v) is 5.19. The highest BCUT2D eigenvalue weighted by atomic mass is 16.5. The zero-order valence-electron chi connectivity index (χ0n) is 9.76. The van der Waals surface area contributed by atoms with Crippen LogP contribution in [0.25, 0.3) is 22.1 Å². The van der Waals surface area contributed by atoms with Gasteiger partial charge in [0.05, 0.1) is 19.7 Å². The molecule has 2 N–H and O–H groups in total. The Balaban J connectivity index is 2.46.